The summed E-state index contributed by atoms with van der Waals surface area (Å²) in [6.45, 7) is 1.29. The van der Waals surface area contributed by atoms with Crippen LogP contribution in [-0.2, 0) is 19.2 Å². The first-order chi connectivity index (χ1) is 18.9. The van der Waals surface area contributed by atoms with Gasteiger partial charge in [0, 0.05) is 18.8 Å². The van der Waals surface area contributed by atoms with Gasteiger partial charge in [0.2, 0.25) is 17.7 Å². The molecule has 2 saturated heterocycles. The number of rotatable bonds is 5. The number of benzene rings is 3. The topological polar surface area (TPSA) is 105 Å². The van der Waals surface area contributed by atoms with Gasteiger partial charge in [-0.3, -0.25) is 19.2 Å². The molecular formula is C30H25N3O6. The van der Waals surface area contributed by atoms with Crippen molar-refractivity contribution in [2.45, 2.75) is 19.0 Å². The Morgan fingerprint density at radius 3 is 2.21 bits per heavy atom. The predicted octanol–water partition coefficient (Wildman–Crippen LogP) is 3.77. The van der Waals surface area contributed by atoms with Crippen molar-refractivity contribution in [2.24, 2.45) is 11.8 Å². The maximum Gasteiger partial charge on any atom is 0.308 e. The predicted molar refractivity (Wildman–Crippen MR) is 143 cm³/mol. The van der Waals surface area contributed by atoms with Crippen molar-refractivity contribution in [1.82, 2.24) is 4.90 Å². The minimum Gasteiger partial charge on any atom is -0.497 e. The number of carbonyl (C=O) groups excluding carboxylic acids is 4. The van der Waals surface area contributed by atoms with Crippen LogP contribution in [0.5, 0.6) is 11.5 Å². The fraction of sp³-hybridized carbons (Fsp3) is 0.200. The van der Waals surface area contributed by atoms with Gasteiger partial charge in [0.25, 0.3) is 0 Å². The van der Waals surface area contributed by atoms with E-state index >= 15 is 0 Å². The van der Waals surface area contributed by atoms with Crippen LogP contribution >= 0.6 is 0 Å². The normalized spacial score (nSPS) is 22.7. The molecule has 39 heavy (non-hydrogen) atoms. The molecule has 1 N–H and O–H groups in total. The van der Waals surface area contributed by atoms with Gasteiger partial charge in [-0.15, -0.1) is 0 Å². The summed E-state index contributed by atoms with van der Waals surface area (Å²) in [7, 11) is 1.56. The van der Waals surface area contributed by atoms with Crippen molar-refractivity contribution in [3.05, 3.63) is 90.1 Å². The quantitative estimate of drug-likeness (QED) is 0.308. The zero-order chi connectivity index (χ0) is 27.3. The van der Waals surface area contributed by atoms with Crippen molar-refractivity contribution >= 4 is 41.1 Å². The number of esters is 1. The Morgan fingerprint density at radius 1 is 0.846 bits per heavy atom. The number of ether oxygens (including phenoxy) is 2. The highest BCUT2D eigenvalue weighted by atomic mass is 16.5. The number of carbonyl (C=O) groups is 4. The minimum atomic E-state index is -0.909. The smallest absolute Gasteiger partial charge is 0.308 e. The van der Waals surface area contributed by atoms with E-state index in [4.69, 9.17) is 9.47 Å². The van der Waals surface area contributed by atoms with Gasteiger partial charge >= 0.3 is 5.97 Å². The molecule has 3 heterocycles. The molecule has 0 aliphatic carbocycles. The average Bonchev–Trinajstić information content (AvgIpc) is 3.42. The molecule has 0 spiro atoms. The maximum atomic E-state index is 13.9. The second-order valence-electron chi connectivity index (χ2n) is 9.65. The molecule has 9 nitrogen and oxygen atoms in total. The molecule has 0 radical (unpaired) electrons. The first-order valence-electron chi connectivity index (χ1n) is 12.5. The number of anilines is 2. The van der Waals surface area contributed by atoms with Crippen LogP contribution in [0.1, 0.15) is 24.1 Å². The summed E-state index contributed by atoms with van der Waals surface area (Å²) in [5.74, 6) is -2.37. The van der Waals surface area contributed by atoms with Crippen LogP contribution in [0, 0.1) is 11.8 Å². The molecule has 9 heteroatoms. The summed E-state index contributed by atoms with van der Waals surface area (Å²) in [6.07, 6.45) is 3.71. The van der Waals surface area contributed by atoms with Crippen LogP contribution in [0.25, 0.3) is 6.08 Å². The molecule has 3 aliphatic rings. The van der Waals surface area contributed by atoms with Crippen LogP contribution in [-0.4, -0.2) is 41.7 Å². The molecule has 2 fully saturated rings. The summed E-state index contributed by atoms with van der Waals surface area (Å²) in [4.78, 5) is 55.9. The number of methoxy groups -OCH3 is 1. The van der Waals surface area contributed by atoms with E-state index in [9.17, 15) is 19.2 Å². The monoisotopic (exact) mass is 523 g/mol. The Labute approximate surface area is 224 Å². The van der Waals surface area contributed by atoms with E-state index in [2.05, 4.69) is 5.32 Å². The van der Waals surface area contributed by atoms with Crippen LogP contribution in [0.3, 0.4) is 0 Å². The Morgan fingerprint density at radius 2 is 1.51 bits per heavy atom. The lowest BCUT2D eigenvalue weighted by atomic mass is 9.84. The average molecular weight is 524 g/mol. The van der Waals surface area contributed by atoms with E-state index in [1.54, 1.807) is 43.5 Å². The van der Waals surface area contributed by atoms with E-state index in [1.807, 2.05) is 41.4 Å². The lowest BCUT2D eigenvalue weighted by Gasteiger charge is -2.35. The largest absolute Gasteiger partial charge is 0.497 e. The second kappa shape index (κ2) is 9.43. The van der Waals surface area contributed by atoms with E-state index < -0.39 is 35.8 Å². The SMILES string of the molecule is COc1ccc(NC(=O)[C@@H]2[C@@H]3C(=O)N(c4ccc(OC(C)=O)cc4)C(=O)[C@@H]3[C@@H]3c4ccccc4C=CN23)cc1. The molecule has 0 bridgehead atoms. The third kappa shape index (κ3) is 4.03. The van der Waals surface area contributed by atoms with Gasteiger partial charge in [-0.1, -0.05) is 24.3 Å². The number of imide groups is 1. The standard InChI is InChI=1S/C30H25N3O6/c1-17(34)39-22-13-9-20(10-14-22)33-29(36)24-25(30(33)37)27(28(35)31-19-7-11-21(38-2)12-8-19)32-16-15-18-5-3-4-6-23(18)26(24)32/h3-16,24-27H,1-2H3,(H,31,35)/t24-,25+,26-,27-/m0/s1. The van der Waals surface area contributed by atoms with Crippen LogP contribution in [0.2, 0.25) is 0 Å². The first kappa shape index (κ1) is 24.4. The summed E-state index contributed by atoms with van der Waals surface area (Å²) >= 11 is 0. The number of hydrogen-bond donors (Lipinski definition) is 1. The molecule has 3 aromatic carbocycles. The van der Waals surface area contributed by atoms with Crippen LogP contribution < -0.4 is 19.7 Å². The van der Waals surface area contributed by atoms with Gasteiger partial charge in [0.1, 0.15) is 17.5 Å². The van der Waals surface area contributed by atoms with Gasteiger partial charge in [-0.05, 0) is 65.7 Å². The summed E-state index contributed by atoms with van der Waals surface area (Å²) in [5.41, 5.74) is 2.74. The van der Waals surface area contributed by atoms with E-state index in [-0.39, 0.29) is 11.8 Å². The molecule has 3 aromatic rings. The Balaban J connectivity index is 1.38. The van der Waals surface area contributed by atoms with Crippen LogP contribution in [0.4, 0.5) is 11.4 Å². The molecule has 3 amide bonds. The molecule has 6 rings (SSSR count). The summed E-state index contributed by atoms with van der Waals surface area (Å²) in [6, 6.07) is 19.4. The number of fused-ring (bicyclic) bond motifs is 5. The van der Waals surface area contributed by atoms with Gasteiger partial charge in [0.15, 0.2) is 0 Å². The molecular weight excluding hydrogens is 498 g/mol. The third-order valence-corrected chi connectivity index (χ3v) is 7.44. The molecule has 0 aromatic heterocycles. The molecule has 3 aliphatic heterocycles. The highest BCUT2D eigenvalue weighted by molar-refractivity contribution is 6.24. The summed E-state index contributed by atoms with van der Waals surface area (Å²) < 4.78 is 10.3. The van der Waals surface area contributed by atoms with Gasteiger partial charge in [0.05, 0.1) is 30.7 Å². The number of hydrogen-bond acceptors (Lipinski definition) is 7. The fourth-order valence-electron chi connectivity index (χ4n) is 5.83. The van der Waals surface area contributed by atoms with Gasteiger partial charge in [-0.2, -0.15) is 0 Å². The second-order valence-corrected chi connectivity index (χ2v) is 9.65. The van der Waals surface area contributed by atoms with Crippen molar-refractivity contribution in [3.8, 4) is 11.5 Å². The lowest BCUT2D eigenvalue weighted by molar-refractivity contribution is -0.132. The van der Waals surface area contributed by atoms with Crippen molar-refractivity contribution in [2.75, 3.05) is 17.3 Å². The Bertz CT molecular complexity index is 1510. The third-order valence-electron chi connectivity index (χ3n) is 7.44. The van der Waals surface area contributed by atoms with E-state index in [0.717, 1.165) is 16.0 Å². The Kier molecular flexibility index (Phi) is 5.91. The van der Waals surface area contributed by atoms with Crippen molar-refractivity contribution in [3.63, 3.8) is 0 Å². The number of nitrogens with one attached hydrogen (secondary N) is 1. The highest BCUT2D eigenvalue weighted by Crippen LogP contribution is 2.53. The van der Waals surface area contributed by atoms with Crippen molar-refractivity contribution < 1.29 is 28.7 Å². The first-order valence-corrected chi connectivity index (χ1v) is 12.5. The van der Waals surface area contributed by atoms with Gasteiger partial charge < -0.3 is 19.7 Å². The Hall–Kier alpha value is -4.92. The molecule has 4 atom stereocenters. The zero-order valence-corrected chi connectivity index (χ0v) is 21.2. The number of amides is 3. The zero-order valence-electron chi connectivity index (χ0n) is 21.2. The van der Waals surface area contributed by atoms with E-state index in [1.165, 1.54) is 19.1 Å². The summed E-state index contributed by atoms with van der Waals surface area (Å²) in [5, 5.41) is 2.92. The minimum absolute atomic E-state index is 0.305. The lowest BCUT2D eigenvalue weighted by Crippen LogP contribution is -2.46. The maximum absolute atomic E-state index is 13.9. The van der Waals surface area contributed by atoms with E-state index in [0.29, 0.717) is 22.9 Å². The van der Waals surface area contributed by atoms with Crippen molar-refractivity contribution in [1.29, 1.82) is 0 Å². The molecule has 0 unspecified atom stereocenters. The number of nitrogens with zero attached hydrogens (tertiary/aromatic N) is 2. The fourth-order valence-corrected chi connectivity index (χ4v) is 5.83. The highest BCUT2D eigenvalue weighted by Gasteiger charge is 2.64. The van der Waals surface area contributed by atoms with Crippen LogP contribution in [0.15, 0.2) is 79.0 Å². The molecule has 0 saturated carbocycles. The van der Waals surface area contributed by atoms with Gasteiger partial charge in [-0.25, -0.2) is 4.90 Å². The molecule has 196 valence electrons.